The number of aromatic nitrogens is 1. The normalized spacial score (nSPS) is 23.1. The Bertz CT molecular complexity index is 995. The summed E-state index contributed by atoms with van der Waals surface area (Å²) in [5, 5.41) is 7.86. The first kappa shape index (κ1) is 19.9. The zero-order valence-corrected chi connectivity index (χ0v) is 17.0. The molecule has 2 heterocycles. The van der Waals surface area contributed by atoms with Crippen LogP contribution < -0.4 is 20.7 Å². The number of ether oxygens (including phenoxy) is 1. The summed E-state index contributed by atoms with van der Waals surface area (Å²) in [5.41, 5.74) is 2.06. The Morgan fingerprint density at radius 3 is 2.50 bits per heavy atom. The summed E-state index contributed by atoms with van der Waals surface area (Å²) in [5.74, 6) is 0.530. The maximum atomic E-state index is 12.6. The highest BCUT2D eigenvalue weighted by Gasteiger charge is 2.48. The van der Waals surface area contributed by atoms with Crippen LogP contribution in [0.4, 0.5) is 10.5 Å². The average molecular weight is 408 g/mol. The zero-order valence-electron chi connectivity index (χ0n) is 17.0. The van der Waals surface area contributed by atoms with E-state index < -0.39 is 11.6 Å². The first-order valence-electron chi connectivity index (χ1n) is 10.0. The molecule has 0 atom stereocenters. The van der Waals surface area contributed by atoms with Gasteiger partial charge in [-0.3, -0.25) is 14.9 Å². The quantitative estimate of drug-likeness (QED) is 0.673. The molecule has 0 unspecified atom stereocenters. The van der Waals surface area contributed by atoms with Crippen molar-refractivity contribution in [1.29, 1.82) is 0 Å². The maximum Gasteiger partial charge on any atom is 0.322 e. The van der Waals surface area contributed by atoms with Gasteiger partial charge in [-0.05, 0) is 68.9 Å². The molecular formula is C22H24N4O4. The van der Waals surface area contributed by atoms with E-state index in [0.29, 0.717) is 43.0 Å². The molecule has 2 aromatic rings. The lowest BCUT2D eigenvalue weighted by Gasteiger charge is -2.33. The third kappa shape index (κ3) is 3.98. The molecule has 1 spiro atoms. The molecule has 3 N–H and O–H groups in total. The molecule has 1 saturated heterocycles. The monoisotopic (exact) mass is 408 g/mol. The minimum absolute atomic E-state index is 0.112. The first-order chi connectivity index (χ1) is 14.3. The fraction of sp³-hybridized carbons (Fsp3) is 0.364. The molecule has 1 aliphatic heterocycles. The van der Waals surface area contributed by atoms with E-state index in [0.717, 1.165) is 5.56 Å². The van der Waals surface area contributed by atoms with Crippen LogP contribution in [-0.2, 0) is 9.59 Å². The van der Waals surface area contributed by atoms with Gasteiger partial charge in [-0.15, -0.1) is 0 Å². The second-order valence-electron chi connectivity index (χ2n) is 7.99. The molecule has 0 bridgehead atoms. The lowest BCUT2D eigenvalue weighted by atomic mass is 9.76. The van der Waals surface area contributed by atoms with Crippen LogP contribution in [0.2, 0.25) is 0 Å². The number of aryl methyl sites for hydroxylation is 2. The number of hydrogen-bond acceptors (Lipinski definition) is 5. The summed E-state index contributed by atoms with van der Waals surface area (Å²) in [7, 11) is 0. The Balaban J connectivity index is 1.32. The van der Waals surface area contributed by atoms with Crippen molar-refractivity contribution >= 4 is 23.5 Å². The Labute approximate surface area is 174 Å². The molecule has 30 heavy (non-hydrogen) atoms. The number of carbonyl (C=O) groups excluding carboxylic acids is 3. The van der Waals surface area contributed by atoms with Crippen LogP contribution >= 0.6 is 0 Å². The lowest BCUT2D eigenvalue weighted by Crippen LogP contribution is -2.50. The minimum atomic E-state index is -0.858. The van der Waals surface area contributed by atoms with Crippen molar-refractivity contribution in [2.45, 2.75) is 45.1 Å². The number of hydrogen-bond donors (Lipinski definition) is 3. The number of anilines is 1. The van der Waals surface area contributed by atoms with E-state index in [1.54, 1.807) is 18.3 Å². The molecule has 1 saturated carbocycles. The molecule has 4 amide bonds. The van der Waals surface area contributed by atoms with Crippen LogP contribution in [-0.4, -0.2) is 28.4 Å². The van der Waals surface area contributed by atoms with E-state index in [2.05, 4.69) is 20.9 Å². The van der Waals surface area contributed by atoms with Gasteiger partial charge in [-0.2, -0.15) is 0 Å². The summed E-state index contributed by atoms with van der Waals surface area (Å²) < 4.78 is 5.77. The van der Waals surface area contributed by atoms with E-state index >= 15 is 0 Å². The summed E-state index contributed by atoms with van der Waals surface area (Å²) in [6.07, 6.45) is 3.51. The van der Waals surface area contributed by atoms with E-state index in [9.17, 15) is 14.4 Å². The van der Waals surface area contributed by atoms with Gasteiger partial charge in [-0.25, -0.2) is 9.78 Å². The van der Waals surface area contributed by atoms with E-state index in [4.69, 9.17) is 4.74 Å². The Hall–Kier alpha value is -3.42. The molecule has 1 aromatic carbocycles. The smallest absolute Gasteiger partial charge is 0.322 e. The second-order valence-corrected chi connectivity index (χ2v) is 7.99. The van der Waals surface area contributed by atoms with E-state index in [1.807, 2.05) is 32.0 Å². The standard InChI is InChI=1S/C22H24N4O4/c1-13-3-5-17(11-14(13)2)30-18-6-4-16(12-23-18)24-19(27)15-7-9-22(10-8-15)20(28)25-21(29)26-22/h3-6,11-12,15H,7-10H2,1-2H3,(H,24,27)(H2,25,26,28,29). The van der Waals surface area contributed by atoms with Gasteiger partial charge in [0.2, 0.25) is 11.8 Å². The molecule has 4 rings (SSSR count). The number of carbonyl (C=O) groups is 3. The molecule has 8 nitrogen and oxygen atoms in total. The number of benzene rings is 1. The van der Waals surface area contributed by atoms with Gasteiger partial charge in [0.1, 0.15) is 11.3 Å². The highest BCUT2D eigenvalue weighted by atomic mass is 16.5. The Kier molecular flexibility index (Phi) is 5.15. The van der Waals surface area contributed by atoms with Gasteiger partial charge in [-0.1, -0.05) is 6.07 Å². The molecule has 8 heteroatoms. The van der Waals surface area contributed by atoms with Crippen molar-refractivity contribution in [3.63, 3.8) is 0 Å². The fourth-order valence-corrected chi connectivity index (χ4v) is 3.91. The van der Waals surface area contributed by atoms with Crippen LogP contribution in [0.15, 0.2) is 36.5 Å². The highest BCUT2D eigenvalue weighted by molar-refractivity contribution is 6.07. The largest absolute Gasteiger partial charge is 0.439 e. The van der Waals surface area contributed by atoms with Gasteiger partial charge >= 0.3 is 6.03 Å². The summed E-state index contributed by atoms with van der Waals surface area (Å²) >= 11 is 0. The molecule has 2 fully saturated rings. The fourth-order valence-electron chi connectivity index (χ4n) is 3.91. The Morgan fingerprint density at radius 1 is 1.13 bits per heavy atom. The zero-order chi connectivity index (χ0) is 21.3. The van der Waals surface area contributed by atoms with Crippen LogP contribution in [0.5, 0.6) is 11.6 Å². The number of nitrogens with zero attached hydrogens (tertiary/aromatic N) is 1. The molecular weight excluding hydrogens is 384 g/mol. The maximum absolute atomic E-state index is 12.6. The van der Waals surface area contributed by atoms with Crippen molar-refractivity contribution in [3.8, 4) is 11.6 Å². The van der Waals surface area contributed by atoms with Gasteiger partial charge < -0.3 is 15.4 Å². The number of nitrogens with one attached hydrogen (secondary N) is 3. The first-order valence-corrected chi connectivity index (χ1v) is 10.0. The topological polar surface area (TPSA) is 109 Å². The number of urea groups is 1. The predicted molar refractivity (Wildman–Crippen MR) is 110 cm³/mol. The predicted octanol–water partition coefficient (Wildman–Crippen LogP) is 3.20. The van der Waals surface area contributed by atoms with Gasteiger partial charge in [0, 0.05) is 12.0 Å². The number of pyridine rings is 1. The molecule has 2 aliphatic rings. The third-order valence-corrected chi connectivity index (χ3v) is 5.93. The summed E-state index contributed by atoms with van der Waals surface area (Å²) in [6.45, 7) is 4.06. The molecule has 1 aliphatic carbocycles. The lowest BCUT2D eigenvalue weighted by molar-refractivity contribution is -0.128. The van der Waals surface area contributed by atoms with E-state index in [1.165, 1.54) is 5.56 Å². The number of rotatable bonds is 4. The Morgan fingerprint density at radius 2 is 1.90 bits per heavy atom. The van der Waals surface area contributed by atoms with Crippen molar-refractivity contribution in [3.05, 3.63) is 47.7 Å². The SMILES string of the molecule is Cc1ccc(Oc2ccc(NC(=O)C3CCC4(CC3)NC(=O)NC4=O)cn2)cc1C. The van der Waals surface area contributed by atoms with Gasteiger partial charge in [0.05, 0.1) is 11.9 Å². The minimum Gasteiger partial charge on any atom is -0.439 e. The van der Waals surface area contributed by atoms with Gasteiger partial charge in [0.15, 0.2) is 0 Å². The van der Waals surface area contributed by atoms with Crippen molar-refractivity contribution in [1.82, 2.24) is 15.6 Å². The van der Waals surface area contributed by atoms with Gasteiger partial charge in [0.25, 0.3) is 5.91 Å². The van der Waals surface area contributed by atoms with E-state index in [-0.39, 0.29) is 17.7 Å². The van der Waals surface area contributed by atoms with Crippen LogP contribution in [0.25, 0.3) is 0 Å². The average Bonchev–Trinajstić information content (AvgIpc) is 2.99. The van der Waals surface area contributed by atoms with Crippen LogP contribution in [0.3, 0.4) is 0 Å². The summed E-state index contributed by atoms with van der Waals surface area (Å²) in [6, 6.07) is 8.83. The van der Waals surface area contributed by atoms with Crippen molar-refractivity contribution in [2.75, 3.05) is 5.32 Å². The highest BCUT2D eigenvalue weighted by Crippen LogP contribution is 2.34. The summed E-state index contributed by atoms with van der Waals surface area (Å²) in [4.78, 5) is 40.3. The van der Waals surface area contributed by atoms with Crippen LogP contribution in [0, 0.1) is 19.8 Å². The van der Waals surface area contributed by atoms with Crippen molar-refractivity contribution in [2.24, 2.45) is 5.92 Å². The second kappa shape index (κ2) is 7.78. The third-order valence-electron chi connectivity index (χ3n) is 5.93. The molecule has 156 valence electrons. The molecule has 1 aromatic heterocycles. The van der Waals surface area contributed by atoms with Crippen LogP contribution in [0.1, 0.15) is 36.8 Å². The number of imide groups is 1. The molecule has 0 radical (unpaired) electrons. The number of amides is 4. The van der Waals surface area contributed by atoms with Crippen molar-refractivity contribution < 1.29 is 19.1 Å².